The smallest absolute Gasteiger partial charge is 0.173 e. The van der Waals surface area contributed by atoms with Gasteiger partial charge in [-0.15, -0.1) is 11.3 Å². The lowest BCUT2D eigenvalue weighted by Crippen LogP contribution is -2.30. The average Bonchev–Trinajstić information content (AvgIpc) is 2.93. The second-order valence-electron chi connectivity index (χ2n) is 4.99. The van der Waals surface area contributed by atoms with Gasteiger partial charge in [-0.05, 0) is 42.5 Å². The first-order valence-electron chi connectivity index (χ1n) is 6.84. The van der Waals surface area contributed by atoms with E-state index in [9.17, 15) is 4.39 Å². The summed E-state index contributed by atoms with van der Waals surface area (Å²) < 4.78 is 14.3. The highest BCUT2D eigenvalue weighted by Gasteiger charge is 2.10. The van der Waals surface area contributed by atoms with E-state index < -0.39 is 5.82 Å². The van der Waals surface area contributed by atoms with Gasteiger partial charge < -0.3 is 10.2 Å². The molecular weight excluding hydrogens is 353 g/mol. The molecule has 0 aliphatic carbocycles. The highest BCUT2D eigenvalue weighted by Crippen LogP contribution is 2.23. The summed E-state index contributed by atoms with van der Waals surface area (Å²) in [6.07, 6.45) is 0. The van der Waals surface area contributed by atoms with Gasteiger partial charge in [0.2, 0.25) is 0 Å². The summed E-state index contributed by atoms with van der Waals surface area (Å²) in [5.74, 6) is -0.453. The fourth-order valence-electron chi connectivity index (χ4n) is 2.06. The number of hydrogen-bond acceptors (Lipinski definition) is 3. The molecule has 23 heavy (non-hydrogen) atoms. The van der Waals surface area contributed by atoms with E-state index in [4.69, 9.17) is 23.8 Å². The van der Waals surface area contributed by atoms with Gasteiger partial charge in [-0.1, -0.05) is 23.7 Å². The molecule has 3 nitrogen and oxygen atoms in total. The molecule has 0 amide bonds. The van der Waals surface area contributed by atoms with Crippen LogP contribution in [0.15, 0.2) is 42.5 Å². The molecule has 0 aliphatic heterocycles. The summed E-state index contributed by atoms with van der Waals surface area (Å²) in [6, 6.07) is 12.4. The lowest BCUT2D eigenvalue weighted by Gasteiger charge is -2.20. The number of nitrogens with zero attached hydrogens (tertiary/aromatic N) is 2. The van der Waals surface area contributed by atoms with Crippen molar-refractivity contribution in [1.29, 1.82) is 0 Å². The van der Waals surface area contributed by atoms with E-state index >= 15 is 0 Å². The largest absolute Gasteiger partial charge is 0.345 e. The normalized spacial score (nSPS) is 10.7. The van der Waals surface area contributed by atoms with Gasteiger partial charge in [-0.25, -0.2) is 9.37 Å². The minimum absolute atomic E-state index is 0.0617. The number of anilines is 1. The Morgan fingerprint density at radius 1 is 1.35 bits per heavy atom. The first-order valence-corrected chi connectivity index (χ1v) is 8.45. The van der Waals surface area contributed by atoms with Crippen molar-refractivity contribution in [2.45, 2.75) is 6.54 Å². The maximum atomic E-state index is 13.2. The molecule has 0 bridgehead atoms. The number of aromatic nitrogens is 1. The Balaban J connectivity index is 1.68. The quantitative estimate of drug-likeness (QED) is 0.667. The van der Waals surface area contributed by atoms with Crippen molar-refractivity contribution in [2.24, 2.45) is 0 Å². The molecule has 0 radical (unpaired) electrons. The number of fused-ring (bicyclic) bond motifs is 1. The molecule has 0 spiro atoms. The maximum Gasteiger partial charge on any atom is 0.173 e. The summed E-state index contributed by atoms with van der Waals surface area (Å²) >= 11 is 12.8. The lowest BCUT2D eigenvalue weighted by atomic mass is 10.3. The minimum atomic E-state index is -0.453. The van der Waals surface area contributed by atoms with Crippen molar-refractivity contribution in [3.8, 4) is 0 Å². The fraction of sp³-hybridized carbons (Fsp3) is 0.125. The molecule has 2 aromatic carbocycles. The van der Waals surface area contributed by atoms with Crippen LogP contribution in [0.4, 0.5) is 10.1 Å². The van der Waals surface area contributed by atoms with E-state index in [2.05, 4.69) is 10.3 Å². The van der Waals surface area contributed by atoms with Gasteiger partial charge in [0.15, 0.2) is 5.11 Å². The van der Waals surface area contributed by atoms with E-state index in [1.165, 1.54) is 12.1 Å². The van der Waals surface area contributed by atoms with Crippen molar-refractivity contribution in [3.05, 3.63) is 58.3 Å². The van der Waals surface area contributed by atoms with Gasteiger partial charge >= 0.3 is 0 Å². The van der Waals surface area contributed by atoms with Crippen LogP contribution in [0.3, 0.4) is 0 Å². The van der Waals surface area contributed by atoms with Gasteiger partial charge in [0.05, 0.1) is 21.8 Å². The van der Waals surface area contributed by atoms with Gasteiger partial charge in [0.25, 0.3) is 0 Å². The van der Waals surface area contributed by atoms with Crippen LogP contribution in [-0.4, -0.2) is 22.0 Å². The minimum Gasteiger partial charge on any atom is -0.345 e. The van der Waals surface area contributed by atoms with E-state index in [-0.39, 0.29) is 5.02 Å². The van der Waals surface area contributed by atoms with Crippen molar-refractivity contribution in [2.75, 3.05) is 12.4 Å². The zero-order valence-corrected chi connectivity index (χ0v) is 14.6. The Morgan fingerprint density at radius 3 is 2.87 bits per heavy atom. The third kappa shape index (κ3) is 3.77. The summed E-state index contributed by atoms with van der Waals surface area (Å²) in [5.41, 5.74) is 1.64. The molecule has 1 aromatic heterocycles. The molecule has 0 unspecified atom stereocenters. The van der Waals surface area contributed by atoms with Crippen molar-refractivity contribution in [3.63, 3.8) is 0 Å². The van der Waals surface area contributed by atoms with Gasteiger partial charge in [0.1, 0.15) is 10.8 Å². The molecule has 7 heteroatoms. The number of thiocarbonyl (C=S) groups is 1. The van der Waals surface area contributed by atoms with Crippen molar-refractivity contribution >= 4 is 56.2 Å². The summed E-state index contributed by atoms with van der Waals surface area (Å²) in [5, 5.41) is 4.61. The number of para-hydroxylation sites is 1. The van der Waals surface area contributed by atoms with Crippen LogP contribution in [-0.2, 0) is 6.54 Å². The monoisotopic (exact) mass is 365 g/mol. The topological polar surface area (TPSA) is 28.2 Å². The Morgan fingerprint density at radius 2 is 2.13 bits per heavy atom. The molecule has 3 aromatic rings. The van der Waals surface area contributed by atoms with Crippen LogP contribution in [0.5, 0.6) is 0 Å². The van der Waals surface area contributed by atoms with E-state index in [1.807, 2.05) is 36.2 Å². The number of thiazole rings is 1. The third-order valence-corrected chi connectivity index (χ3v) is 4.95. The van der Waals surface area contributed by atoms with E-state index in [1.54, 1.807) is 17.4 Å². The van der Waals surface area contributed by atoms with Gasteiger partial charge in [0, 0.05) is 12.7 Å². The third-order valence-electron chi connectivity index (χ3n) is 3.23. The van der Waals surface area contributed by atoms with Gasteiger partial charge in [-0.2, -0.15) is 0 Å². The Hall–Kier alpha value is -1.76. The summed E-state index contributed by atoms with van der Waals surface area (Å²) in [7, 11) is 1.88. The zero-order chi connectivity index (χ0) is 16.4. The van der Waals surface area contributed by atoms with Crippen molar-refractivity contribution < 1.29 is 4.39 Å². The summed E-state index contributed by atoms with van der Waals surface area (Å²) in [6.45, 7) is 0.597. The predicted molar refractivity (Wildman–Crippen MR) is 98.7 cm³/mol. The van der Waals surface area contributed by atoms with E-state index in [0.29, 0.717) is 17.3 Å². The van der Waals surface area contributed by atoms with E-state index in [0.717, 1.165) is 15.2 Å². The van der Waals surface area contributed by atoms with Crippen molar-refractivity contribution in [1.82, 2.24) is 9.88 Å². The van der Waals surface area contributed by atoms with Crippen LogP contribution in [0, 0.1) is 5.82 Å². The molecule has 3 rings (SSSR count). The molecular formula is C16H13ClFN3S2. The second-order valence-corrected chi connectivity index (χ2v) is 6.90. The molecule has 1 N–H and O–H groups in total. The molecule has 0 aliphatic rings. The van der Waals surface area contributed by atoms with Crippen LogP contribution < -0.4 is 5.32 Å². The molecule has 1 heterocycles. The molecule has 118 valence electrons. The molecule has 0 fully saturated rings. The molecule has 0 saturated carbocycles. The van der Waals surface area contributed by atoms with Gasteiger partial charge in [-0.3, -0.25) is 0 Å². The standard InChI is InChI=1S/C16H13ClFN3S2/c1-21(9-15-20-13-4-2-3-5-14(13)23-15)16(22)19-10-6-7-12(18)11(17)8-10/h2-8H,9H2,1H3,(H,19,22). The Labute approximate surface area is 147 Å². The molecule has 0 saturated heterocycles. The number of nitrogens with one attached hydrogen (secondary N) is 1. The maximum absolute atomic E-state index is 13.2. The number of rotatable bonds is 3. The zero-order valence-electron chi connectivity index (χ0n) is 12.2. The first kappa shape index (κ1) is 16.1. The molecule has 0 atom stereocenters. The predicted octanol–water partition coefficient (Wildman–Crippen LogP) is 4.92. The SMILES string of the molecule is CN(Cc1nc2ccccc2s1)C(=S)Nc1ccc(F)c(Cl)c1. The number of hydrogen-bond donors (Lipinski definition) is 1. The highest BCUT2D eigenvalue weighted by atomic mass is 35.5. The number of benzene rings is 2. The summed E-state index contributed by atoms with van der Waals surface area (Å²) in [4.78, 5) is 6.47. The fourth-order valence-corrected chi connectivity index (χ4v) is 3.44. The van der Waals surface area contributed by atoms with Crippen LogP contribution >= 0.6 is 35.2 Å². The second kappa shape index (κ2) is 6.78. The van der Waals surface area contributed by atoms with Crippen LogP contribution in [0.2, 0.25) is 5.02 Å². The number of halogens is 2. The van der Waals surface area contributed by atoms with Crippen LogP contribution in [0.1, 0.15) is 5.01 Å². The Bertz CT molecular complexity index is 832. The lowest BCUT2D eigenvalue weighted by molar-refractivity contribution is 0.507. The van der Waals surface area contributed by atoms with Crippen LogP contribution in [0.25, 0.3) is 10.2 Å². The highest BCUT2D eigenvalue weighted by molar-refractivity contribution is 7.80. The first-order chi connectivity index (χ1) is 11.0. The average molecular weight is 366 g/mol. The Kier molecular flexibility index (Phi) is 4.75.